The summed E-state index contributed by atoms with van der Waals surface area (Å²) in [5.74, 6) is 0.588. The molecule has 164 valence electrons. The van der Waals surface area contributed by atoms with Crippen molar-refractivity contribution in [3.63, 3.8) is 0 Å². The number of alkyl halides is 3. The summed E-state index contributed by atoms with van der Waals surface area (Å²) < 4.78 is 46.1. The van der Waals surface area contributed by atoms with E-state index in [-0.39, 0.29) is 23.6 Å². The molecule has 3 aromatic heterocycles. The van der Waals surface area contributed by atoms with Gasteiger partial charge >= 0.3 is 6.18 Å². The van der Waals surface area contributed by atoms with E-state index >= 15 is 0 Å². The summed E-state index contributed by atoms with van der Waals surface area (Å²) in [6.45, 7) is 4.53. The number of hydrogen-bond acceptors (Lipinski definition) is 7. The quantitative estimate of drug-likeness (QED) is 0.674. The standard InChI is InChI=1S/C20H22F3N7O/c1-10-9-29(3)17-16-14(4-5-30(10)16)27-19(28-17)26-12-6-13(7-12)31-15-8-24-18(20(21,22)23)25-11(15)2/h4-5,8,10,12-13H,6-7,9H2,1-3H3,(H,26,27,28)/t10-,12?,13?/m1/s1. The first kappa shape index (κ1) is 19.8. The maximum Gasteiger partial charge on any atom is 0.451 e. The SMILES string of the molecule is Cc1nc(C(F)(F)F)ncc1OC1CC(Nc2nc3c4c(ccn4[C@H](C)CN3C)n2)C1. The minimum atomic E-state index is -4.57. The Morgan fingerprint density at radius 2 is 1.97 bits per heavy atom. The monoisotopic (exact) mass is 433 g/mol. The van der Waals surface area contributed by atoms with E-state index < -0.39 is 12.0 Å². The molecule has 5 rings (SSSR count). The summed E-state index contributed by atoms with van der Waals surface area (Å²) in [4.78, 5) is 18.4. The van der Waals surface area contributed by atoms with E-state index in [1.54, 1.807) is 0 Å². The molecular weight excluding hydrogens is 411 g/mol. The van der Waals surface area contributed by atoms with Gasteiger partial charge in [0.15, 0.2) is 11.6 Å². The van der Waals surface area contributed by atoms with Crippen LogP contribution in [0.5, 0.6) is 5.75 Å². The lowest BCUT2D eigenvalue weighted by Crippen LogP contribution is -2.43. The van der Waals surface area contributed by atoms with Crippen molar-refractivity contribution in [2.45, 2.75) is 51.1 Å². The second-order valence-corrected chi connectivity index (χ2v) is 8.25. The zero-order valence-corrected chi connectivity index (χ0v) is 17.3. The van der Waals surface area contributed by atoms with E-state index in [1.165, 1.54) is 6.92 Å². The average Bonchev–Trinajstić information content (AvgIpc) is 3.09. The summed E-state index contributed by atoms with van der Waals surface area (Å²) in [6.07, 6.45) is -0.178. The number of halogens is 3. The van der Waals surface area contributed by atoms with Crippen LogP contribution in [0.15, 0.2) is 18.5 Å². The summed E-state index contributed by atoms with van der Waals surface area (Å²) in [5, 5.41) is 3.35. The fourth-order valence-electron chi connectivity index (χ4n) is 4.17. The largest absolute Gasteiger partial charge is 0.487 e. The molecule has 1 atom stereocenters. The van der Waals surface area contributed by atoms with Gasteiger partial charge in [0.05, 0.1) is 17.4 Å². The third-order valence-electron chi connectivity index (χ3n) is 5.83. The Kier molecular flexibility index (Phi) is 4.45. The van der Waals surface area contributed by atoms with Crippen molar-refractivity contribution in [2.24, 2.45) is 0 Å². The van der Waals surface area contributed by atoms with Crippen LogP contribution >= 0.6 is 0 Å². The van der Waals surface area contributed by atoms with Crippen molar-refractivity contribution in [3.8, 4) is 5.75 Å². The molecule has 4 heterocycles. The second-order valence-electron chi connectivity index (χ2n) is 8.25. The minimum absolute atomic E-state index is 0.122. The van der Waals surface area contributed by atoms with Crippen LogP contribution in [0, 0.1) is 6.92 Å². The Hall–Kier alpha value is -3.11. The van der Waals surface area contributed by atoms with Crippen LogP contribution < -0.4 is 15.0 Å². The van der Waals surface area contributed by atoms with E-state index in [0.29, 0.717) is 24.8 Å². The van der Waals surface area contributed by atoms with Gasteiger partial charge in [0.2, 0.25) is 11.8 Å². The summed E-state index contributed by atoms with van der Waals surface area (Å²) >= 11 is 0. The Morgan fingerprint density at radius 3 is 2.68 bits per heavy atom. The zero-order valence-electron chi connectivity index (χ0n) is 17.3. The molecule has 0 amide bonds. The van der Waals surface area contributed by atoms with Crippen LogP contribution in [0.25, 0.3) is 11.0 Å². The fraction of sp³-hybridized carbons (Fsp3) is 0.500. The van der Waals surface area contributed by atoms with Gasteiger partial charge in [0.25, 0.3) is 0 Å². The van der Waals surface area contributed by atoms with Gasteiger partial charge in [-0.15, -0.1) is 0 Å². The van der Waals surface area contributed by atoms with E-state index in [1.807, 2.05) is 19.3 Å². The molecule has 1 N–H and O–H groups in total. The Balaban J connectivity index is 1.24. The smallest absolute Gasteiger partial charge is 0.451 e. The lowest BCUT2D eigenvalue weighted by molar-refractivity contribution is -0.145. The van der Waals surface area contributed by atoms with Crippen molar-refractivity contribution in [1.29, 1.82) is 0 Å². The van der Waals surface area contributed by atoms with Crippen molar-refractivity contribution in [2.75, 3.05) is 23.8 Å². The van der Waals surface area contributed by atoms with Crippen molar-refractivity contribution >= 4 is 22.8 Å². The van der Waals surface area contributed by atoms with E-state index in [9.17, 15) is 13.2 Å². The van der Waals surface area contributed by atoms with Crippen LogP contribution in [0.1, 0.15) is 37.3 Å². The van der Waals surface area contributed by atoms with E-state index in [0.717, 1.165) is 29.6 Å². The van der Waals surface area contributed by atoms with Gasteiger partial charge in [0, 0.05) is 44.7 Å². The van der Waals surface area contributed by atoms with Gasteiger partial charge in [-0.2, -0.15) is 18.2 Å². The molecule has 11 heteroatoms. The number of aryl methyl sites for hydroxylation is 1. The molecule has 0 bridgehead atoms. The Morgan fingerprint density at radius 1 is 1.19 bits per heavy atom. The van der Waals surface area contributed by atoms with Crippen LogP contribution in [0.4, 0.5) is 24.9 Å². The van der Waals surface area contributed by atoms with Crippen molar-refractivity contribution in [1.82, 2.24) is 24.5 Å². The molecule has 31 heavy (non-hydrogen) atoms. The highest BCUT2D eigenvalue weighted by atomic mass is 19.4. The lowest BCUT2D eigenvalue weighted by atomic mass is 9.89. The maximum absolute atomic E-state index is 12.7. The first-order chi connectivity index (χ1) is 14.7. The highest BCUT2D eigenvalue weighted by Crippen LogP contribution is 2.35. The van der Waals surface area contributed by atoms with Gasteiger partial charge in [-0.1, -0.05) is 0 Å². The normalized spacial score (nSPS) is 23.0. The summed E-state index contributed by atoms with van der Waals surface area (Å²) in [5.41, 5.74) is 2.11. The van der Waals surface area contributed by atoms with Crippen LogP contribution in [-0.2, 0) is 6.18 Å². The number of rotatable bonds is 4. The van der Waals surface area contributed by atoms with Gasteiger partial charge < -0.3 is 19.5 Å². The summed E-state index contributed by atoms with van der Waals surface area (Å²) in [7, 11) is 2.03. The van der Waals surface area contributed by atoms with E-state index in [2.05, 4.69) is 36.7 Å². The number of aromatic nitrogens is 5. The molecule has 2 aliphatic rings. The van der Waals surface area contributed by atoms with Crippen LogP contribution in [0.3, 0.4) is 0 Å². The number of anilines is 2. The minimum Gasteiger partial charge on any atom is -0.487 e. The molecule has 0 unspecified atom stereocenters. The highest BCUT2D eigenvalue weighted by Gasteiger charge is 2.36. The Labute approximate surface area is 176 Å². The molecule has 0 aromatic carbocycles. The van der Waals surface area contributed by atoms with Gasteiger partial charge in [-0.25, -0.2) is 15.0 Å². The third-order valence-corrected chi connectivity index (χ3v) is 5.83. The Bertz CT molecular complexity index is 1140. The number of likely N-dealkylation sites (N-methyl/N-ethyl adjacent to an activating group) is 1. The van der Waals surface area contributed by atoms with Crippen LogP contribution in [-0.4, -0.2) is 50.2 Å². The summed E-state index contributed by atoms with van der Waals surface area (Å²) in [6, 6.07) is 2.49. The molecule has 8 nitrogen and oxygen atoms in total. The first-order valence-corrected chi connectivity index (χ1v) is 10.1. The van der Waals surface area contributed by atoms with Crippen LogP contribution in [0.2, 0.25) is 0 Å². The zero-order chi connectivity index (χ0) is 21.9. The predicted octanol–water partition coefficient (Wildman–Crippen LogP) is 3.58. The molecule has 1 aliphatic heterocycles. The average molecular weight is 433 g/mol. The lowest BCUT2D eigenvalue weighted by Gasteiger charge is -2.36. The van der Waals surface area contributed by atoms with Crippen molar-refractivity contribution in [3.05, 3.63) is 30.0 Å². The fourth-order valence-corrected chi connectivity index (χ4v) is 4.17. The number of nitrogens with one attached hydrogen (secondary N) is 1. The molecule has 1 aliphatic carbocycles. The topological polar surface area (TPSA) is 81.0 Å². The third kappa shape index (κ3) is 3.51. The van der Waals surface area contributed by atoms with Gasteiger partial charge in [-0.3, -0.25) is 0 Å². The van der Waals surface area contributed by atoms with Crippen molar-refractivity contribution < 1.29 is 17.9 Å². The second kappa shape index (κ2) is 6.96. The molecule has 0 spiro atoms. The first-order valence-electron chi connectivity index (χ1n) is 10.1. The molecule has 1 saturated carbocycles. The number of nitrogens with zero attached hydrogens (tertiary/aromatic N) is 6. The highest BCUT2D eigenvalue weighted by molar-refractivity contribution is 5.89. The number of ether oxygens (including phenoxy) is 1. The number of hydrogen-bond donors (Lipinski definition) is 1. The van der Waals surface area contributed by atoms with Gasteiger partial charge in [0.1, 0.15) is 11.6 Å². The van der Waals surface area contributed by atoms with E-state index in [4.69, 9.17) is 9.72 Å². The molecule has 0 saturated heterocycles. The molecule has 0 radical (unpaired) electrons. The maximum atomic E-state index is 12.7. The molecular formula is C20H22F3N7O. The van der Waals surface area contributed by atoms with Gasteiger partial charge in [-0.05, 0) is 19.9 Å². The predicted molar refractivity (Wildman–Crippen MR) is 108 cm³/mol. The molecule has 1 fully saturated rings. The molecule has 3 aromatic rings.